The van der Waals surface area contributed by atoms with Crippen LogP contribution in [-0.2, 0) is 22.9 Å². The molecule has 2 aliphatic rings. The summed E-state index contributed by atoms with van der Waals surface area (Å²) in [7, 11) is -3.68. The van der Waals surface area contributed by atoms with Gasteiger partial charge in [-0.1, -0.05) is 12.1 Å². The van der Waals surface area contributed by atoms with Crippen molar-refractivity contribution in [3.8, 4) is 17.0 Å². The number of benzene rings is 1. The average Bonchev–Trinajstić information content (AvgIpc) is 3.18. The van der Waals surface area contributed by atoms with Crippen molar-refractivity contribution >= 4 is 21.7 Å². The van der Waals surface area contributed by atoms with Crippen LogP contribution in [0.15, 0.2) is 30.5 Å². The lowest BCUT2D eigenvalue weighted by Crippen LogP contribution is -2.34. The summed E-state index contributed by atoms with van der Waals surface area (Å²) in [4.78, 5) is 16.7. The van der Waals surface area contributed by atoms with Crippen LogP contribution in [0.2, 0.25) is 0 Å². The summed E-state index contributed by atoms with van der Waals surface area (Å²) in [6.45, 7) is 1.85. The number of anilines is 1. The lowest BCUT2D eigenvalue weighted by atomic mass is 9.85. The van der Waals surface area contributed by atoms with E-state index in [4.69, 9.17) is 4.74 Å². The molecule has 0 bridgehead atoms. The number of ether oxygens (including phenoxy) is 1. The van der Waals surface area contributed by atoms with E-state index >= 15 is 0 Å². The standard InChI is InChI=1S/C23H29N3O5S/c1-23(28)11-8-17(9-12-23)31-20-14-16(10-13-24-20)19-7-6-15-4-3-5-18(15)21(19)25-22(27)26-32(2,29)30/h6-7,10,13-14,17,28H,3-5,8-9,11-12H2,1-2H3,(H2,25,26,27)/t17-,23-. The number of nitrogens with one attached hydrogen (secondary N) is 2. The molecule has 0 spiro atoms. The smallest absolute Gasteiger partial charge is 0.332 e. The van der Waals surface area contributed by atoms with Gasteiger partial charge in [0, 0.05) is 17.8 Å². The number of aryl methyl sites for hydroxylation is 1. The summed E-state index contributed by atoms with van der Waals surface area (Å²) < 4.78 is 31.0. The van der Waals surface area contributed by atoms with Crippen molar-refractivity contribution in [3.63, 3.8) is 0 Å². The van der Waals surface area contributed by atoms with E-state index < -0.39 is 21.7 Å². The summed E-state index contributed by atoms with van der Waals surface area (Å²) in [6.07, 6.45) is 8.22. The van der Waals surface area contributed by atoms with Gasteiger partial charge in [-0.25, -0.2) is 22.9 Å². The second-order valence-corrected chi connectivity index (χ2v) is 10.8. The summed E-state index contributed by atoms with van der Waals surface area (Å²) in [5.74, 6) is 0.487. The molecule has 9 heteroatoms. The van der Waals surface area contributed by atoms with Crippen molar-refractivity contribution in [2.75, 3.05) is 11.6 Å². The van der Waals surface area contributed by atoms with Gasteiger partial charge in [0.2, 0.25) is 15.9 Å². The van der Waals surface area contributed by atoms with Gasteiger partial charge in [0.25, 0.3) is 0 Å². The first-order valence-corrected chi connectivity index (χ1v) is 12.8. The van der Waals surface area contributed by atoms with E-state index in [1.54, 1.807) is 6.20 Å². The fourth-order valence-electron chi connectivity index (χ4n) is 4.50. The fourth-order valence-corrected chi connectivity index (χ4v) is 4.89. The maximum absolute atomic E-state index is 12.3. The van der Waals surface area contributed by atoms with E-state index in [-0.39, 0.29) is 6.10 Å². The van der Waals surface area contributed by atoms with Crippen LogP contribution >= 0.6 is 0 Å². The molecule has 3 N–H and O–H groups in total. The molecule has 8 nitrogen and oxygen atoms in total. The van der Waals surface area contributed by atoms with E-state index in [1.807, 2.05) is 29.8 Å². The number of fused-ring (bicyclic) bond motifs is 1. The Morgan fingerprint density at radius 1 is 1.22 bits per heavy atom. The van der Waals surface area contributed by atoms with Crippen molar-refractivity contribution in [2.24, 2.45) is 0 Å². The molecule has 0 unspecified atom stereocenters. The van der Waals surface area contributed by atoms with Gasteiger partial charge in [-0.05, 0) is 74.6 Å². The molecule has 0 aliphatic heterocycles. The molecule has 172 valence electrons. The minimum atomic E-state index is -3.68. The Bertz CT molecular complexity index is 1120. The zero-order valence-electron chi connectivity index (χ0n) is 18.3. The number of nitrogens with zero attached hydrogens (tertiary/aromatic N) is 1. The predicted molar refractivity (Wildman–Crippen MR) is 122 cm³/mol. The van der Waals surface area contributed by atoms with Gasteiger partial charge in [0.15, 0.2) is 0 Å². The lowest BCUT2D eigenvalue weighted by molar-refractivity contribution is -0.0117. The molecule has 1 fully saturated rings. The van der Waals surface area contributed by atoms with Crippen LogP contribution in [0.25, 0.3) is 11.1 Å². The number of aromatic nitrogens is 1. The van der Waals surface area contributed by atoms with Gasteiger partial charge in [-0.15, -0.1) is 0 Å². The largest absolute Gasteiger partial charge is 0.474 e. The van der Waals surface area contributed by atoms with Crippen molar-refractivity contribution in [1.82, 2.24) is 9.71 Å². The van der Waals surface area contributed by atoms with E-state index in [2.05, 4.69) is 16.4 Å². The van der Waals surface area contributed by atoms with Gasteiger partial charge in [-0.3, -0.25) is 0 Å². The molecule has 0 atom stereocenters. The Hall–Kier alpha value is -2.65. The Balaban J connectivity index is 1.61. The Labute approximate surface area is 188 Å². The van der Waals surface area contributed by atoms with Gasteiger partial charge < -0.3 is 15.2 Å². The maximum Gasteiger partial charge on any atom is 0.332 e. The highest BCUT2D eigenvalue weighted by molar-refractivity contribution is 7.89. The van der Waals surface area contributed by atoms with Gasteiger partial charge in [-0.2, -0.15) is 0 Å². The molecular weight excluding hydrogens is 430 g/mol. The first-order chi connectivity index (χ1) is 15.1. The van der Waals surface area contributed by atoms with Crippen molar-refractivity contribution in [3.05, 3.63) is 41.6 Å². The third kappa shape index (κ3) is 5.39. The van der Waals surface area contributed by atoms with Crippen LogP contribution < -0.4 is 14.8 Å². The number of hydrogen-bond acceptors (Lipinski definition) is 6. The van der Waals surface area contributed by atoms with Crippen LogP contribution in [-0.4, -0.2) is 42.5 Å². The topological polar surface area (TPSA) is 118 Å². The number of sulfonamides is 1. The first-order valence-electron chi connectivity index (χ1n) is 10.9. The van der Waals surface area contributed by atoms with E-state index in [9.17, 15) is 18.3 Å². The Kier molecular flexibility index (Phi) is 6.13. The second kappa shape index (κ2) is 8.71. The SMILES string of the molecule is CS(=O)(=O)NC(=O)Nc1c(-c2ccnc(O[C@H]3CC[C@](C)(O)CC3)c2)ccc2c1CCC2. The highest BCUT2D eigenvalue weighted by atomic mass is 32.2. The first kappa shape index (κ1) is 22.5. The molecule has 2 aromatic rings. The highest BCUT2D eigenvalue weighted by Crippen LogP contribution is 2.38. The van der Waals surface area contributed by atoms with Crippen molar-refractivity contribution in [2.45, 2.75) is 63.6 Å². The number of amides is 2. The molecule has 0 saturated heterocycles. The Morgan fingerprint density at radius 3 is 2.69 bits per heavy atom. The zero-order valence-corrected chi connectivity index (χ0v) is 19.2. The van der Waals surface area contributed by atoms with Crippen molar-refractivity contribution in [1.29, 1.82) is 0 Å². The molecule has 1 aromatic carbocycles. The third-order valence-corrected chi connectivity index (χ3v) is 6.70. The minimum absolute atomic E-state index is 0.00358. The van der Waals surface area contributed by atoms with E-state index in [0.717, 1.165) is 60.6 Å². The summed E-state index contributed by atoms with van der Waals surface area (Å²) in [5.41, 5.74) is 3.78. The highest BCUT2D eigenvalue weighted by Gasteiger charge is 2.30. The molecule has 32 heavy (non-hydrogen) atoms. The quantitative estimate of drug-likeness (QED) is 0.631. The zero-order chi connectivity index (χ0) is 22.9. The molecule has 2 amide bonds. The van der Waals surface area contributed by atoms with E-state index in [1.165, 1.54) is 0 Å². The summed E-state index contributed by atoms with van der Waals surface area (Å²) >= 11 is 0. The molecular formula is C23H29N3O5S. The lowest BCUT2D eigenvalue weighted by Gasteiger charge is -2.32. The number of carbonyl (C=O) groups is 1. The molecule has 2 aliphatic carbocycles. The number of pyridine rings is 1. The Morgan fingerprint density at radius 2 is 1.97 bits per heavy atom. The normalized spacial score (nSPS) is 22.8. The van der Waals surface area contributed by atoms with Crippen LogP contribution in [0.3, 0.4) is 0 Å². The van der Waals surface area contributed by atoms with Crippen molar-refractivity contribution < 1.29 is 23.1 Å². The average molecular weight is 460 g/mol. The number of aliphatic hydroxyl groups is 1. The number of rotatable bonds is 5. The molecule has 4 rings (SSSR count). The van der Waals surface area contributed by atoms with Gasteiger partial charge in [0.1, 0.15) is 6.10 Å². The number of urea groups is 1. The number of hydrogen-bond donors (Lipinski definition) is 3. The fraction of sp³-hybridized carbons (Fsp3) is 0.478. The van der Waals surface area contributed by atoms with Crippen LogP contribution in [0, 0.1) is 0 Å². The van der Waals surface area contributed by atoms with Crippen LogP contribution in [0.5, 0.6) is 5.88 Å². The van der Waals surface area contributed by atoms with Crippen LogP contribution in [0.4, 0.5) is 10.5 Å². The monoisotopic (exact) mass is 459 g/mol. The maximum atomic E-state index is 12.3. The second-order valence-electron chi connectivity index (χ2n) is 9.00. The molecule has 1 aromatic heterocycles. The molecule has 0 radical (unpaired) electrons. The predicted octanol–water partition coefficient (Wildman–Crippen LogP) is 3.39. The molecule has 1 saturated carbocycles. The van der Waals surface area contributed by atoms with Gasteiger partial charge >= 0.3 is 6.03 Å². The third-order valence-electron chi connectivity index (χ3n) is 6.14. The van der Waals surface area contributed by atoms with Crippen LogP contribution in [0.1, 0.15) is 50.2 Å². The van der Waals surface area contributed by atoms with E-state index in [0.29, 0.717) is 24.4 Å². The molecule has 1 heterocycles. The number of carbonyl (C=O) groups excluding carboxylic acids is 1. The minimum Gasteiger partial charge on any atom is -0.474 e. The van der Waals surface area contributed by atoms with Gasteiger partial charge in [0.05, 0.1) is 17.5 Å². The summed E-state index contributed by atoms with van der Waals surface area (Å²) in [5, 5.41) is 12.9. The summed E-state index contributed by atoms with van der Waals surface area (Å²) in [6, 6.07) is 6.89.